The van der Waals surface area contributed by atoms with Crippen LogP contribution in [0, 0.1) is 18.3 Å². The van der Waals surface area contributed by atoms with Crippen LogP contribution < -0.4 is 11.1 Å². The summed E-state index contributed by atoms with van der Waals surface area (Å²) in [5, 5.41) is 14.2. The second-order valence-corrected chi connectivity index (χ2v) is 7.18. The maximum Gasteiger partial charge on any atom is 0.210 e. The molecular formula is C21H15ClN6. The Hall–Kier alpha value is -3.56. The number of anilines is 1. The number of pyridine rings is 1. The van der Waals surface area contributed by atoms with Gasteiger partial charge in [0.15, 0.2) is 0 Å². The van der Waals surface area contributed by atoms with Crippen molar-refractivity contribution in [3.63, 3.8) is 0 Å². The quantitative estimate of drug-likeness (QED) is 0.477. The summed E-state index contributed by atoms with van der Waals surface area (Å²) in [6.07, 6.45) is 0. The van der Waals surface area contributed by atoms with Crippen LogP contribution in [0.5, 0.6) is 0 Å². The van der Waals surface area contributed by atoms with Gasteiger partial charge in [0.1, 0.15) is 23.1 Å². The van der Waals surface area contributed by atoms with Crippen LogP contribution in [0.4, 0.5) is 5.95 Å². The summed E-state index contributed by atoms with van der Waals surface area (Å²) in [5.74, 6) is 0.846. The first-order valence-electron chi connectivity index (χ1n) is 8.77. The van der Waals surface area contributed by atoms with E-state index in [1.165, 1.54) is 0 Å². The monoisotopic (exact) mass is 386 g/mol. The van der Waals surface area contributed by atoms with Crippen molar-refractivity contribution in [1.29, 1.82) is 5.26 Å². The lowest BCUT2D eigenvalue weighted by Crippen LogP contribution is -2.28. The number of fused-ring (bicyclic) bond motifs is 4. The number of aryl methyl sites for hydroxylation is 1. The van der Waals surface area contributed by atoms with Crippen molar-refractivity contribution in [3.05, 3.63) is 76.2 Å². The van der Waals surface area contributed by atoms with Gasteiger partial charge in [-0.25, -0.2) is 9.97 Å². The van der Waals surface area contributed by atoms with E-state index in [-0.39, 0.29) is 5.82 Å². The smallest absolute Gasteiger partial charge is 0.210 e. The minimum absolute atomic E-state index is 0.273. The van der Waals surface area contributed by atoms with E-state index >= 15 is 0 Å². The predicted octanol–water partition coefficient (Wildman–Crippen LogP) is 4.26. The summed E-state index contributed by atoms with van der Waals surface area (Å²) in [5.41, 5.74) is 10.9. The van der Waals surface area contributed by atoms with Gasteiger partial charge in [-0.2, -0.15) is 5.26 Å². The highest BCUT2D eigenvalue weighted by atomic mass is 35.5. The molecule has 1 unspecified atom stereocenters. The summed E-state index contributed by atoms with van der Waals surface area (Å²) < 4.78 is 1.95. The van der Waals surface area contributed by atoms with Crippen LogP contribution in [0.2, 0.25) is 5.15 Å². The molecule has 3 N–H and O–H groups in total. The molecule has 0 saturated carbocycles. The second-order valence-electron chi connectivity index (χ2n) is 6.83. The fraction of sp³-hybridized carbons (Fsp3) is 0.0952. The number of nitrogens with two attached hydrogens (primary N) is 1. The minimum atomic E-state index is -0.514. The third kappa shape index (κ3) is 2.34. The van der Waals surface area contributed by atoms with Gasteiger partial charge in [-0.15, -0.1) is 0 Å². The minimum Gasteiger partial charge on any atom is -0.384 e. The molecule has 7 heteroatoms. The Morgan fingerprint density at radius 1 is 1.14 bits per heavy atom. The number of hydrogen-bond donors (Lipinski definition) is 2. The average molecular weight is 387 g/mol. The zero-order valence-corrected chi connectivity index (χ0v) is 15.7. The van der Waals surface area contributed by atoms with Gasteiger partial charge in [-0.1, -0.05) is 35.9 Å². The van der Waals surface area contributed by atoms with Crippen molar-refractivity contribution in [2.45, 2.75) is 13.0 Å². The molecule has 0 bridgehead atoms. The van der Waals surface area contributed by atoms with Crippen LogP contribution in [0.3, 0.4) is 0 Å². The topological polar surface area (TPSA) is 92.5 Å². The van der Waals surface area contributed by atoms with E-state index in [1.54, 1.807) is 0 Å². The van der Waals surface area contributed by atoms with Crippen LogP contribution >= 0.6 is 11.6 Å². The van der Waals surface area contributed by atoms with Crippen LogP contribution in [0.1, 0.15) is 17.2 Å². The molecule has 136 valence electrons. The zero-order chi connectivity index (χ0) is 19.4. The molecule has 2 aromatic carbocycles. The molecular weight excluding hydrogens is 372 g/mol. The van der Waals surface area contributed by atoms with Gasteiger partial charge in [0, 0.05) is 10.9 Å². The molecule has 6 nitrogen and oxygen atoms in total. The number of rotatable bonds is 1. The summed E-state index contributed by atoms with van der Waals surface area (Å²) in [6.45, 7) is 2.01. The lowest BCUT2D eigenvalue weighted by Gasteiger charge is -2.28. The number of halogens is 1. The molecule has 1 atom stereocenters. The zero-order valence-electron chi connectivity index (χ0n) is 14.9. The highest BCUT2D eigenvalue weighted by Crippen LogP contribution is 2.40. The highest BCUT2D eigenvalue weighted by molar-refractivity contribution is 6.30. The Bertz CT molecular complexity index is 1340. The SMILES string of the molecule is Cc1ccc2cc(C3C(C#N)=C(N)Nc4nc5ccccc5n43)c(Cl)nc2c1. The molecule has 1 aliphatic heterocycles. The fourth-order valence-electron chi connectivity index (χ4n) is 3.74. The number of imidazole rings is 1. The summed E-state index contributed by atoms with van der Waals surface area (Å²) in [6, 6.07) is 17.5. The standard InChI is InChI=1S/C21H15ClN6/c1-11-6-7-12-9-13(19(22)25-16(12)8-11)18-14(10-23)20(24)27-21-26-15-4-2-3-5-17(15)28(18)21/h2-9,18H,24H2,1H3,(H,26,27). The van der Waals surface area contributed by atoms with Crippen LogP contribution in [0.25, 0.3) is 21.9 Å². The maximum absolute atomic E-state index is 9.84. The fourth-order valence-corrected chi connectivity index (χ4v) is 3.98. The van der Waals surface area contributed by atoms with Crippen molar-refractivity contribution in [3.8, 4) is 6.07 Å². The van der Waals surface area contributed by atoms with Crippen molar-refractivity contribution in [1.82, 2.24) is 14.5 Å². The molecule has 0 amide bonds. The molecule has 4 aromatic rings. The molecule has 0 saturated heterocycles. The van der Waals surface area contributed by atoms with E-state index in [0.717, 1.165) is 27.5 Å². The largest absolute Gasteiger partial charge is 0.384 e. The molecule has 0 radical (unpaired) electrons. The number of nitrogens with one attached hydrogen (secondary N) is 1. The Balaban J connectivity index is 1.84. The van der Waals surface area contributed by atoms with Crippen LogP contribution in [-0.4, -0.2) is 14.5 Å². The Kier molecular flexibility index (Phi) is 3.54. The average Bonchev–Trinajstić information content (AvgIpc) is 3.04. The third-order valence-corrected chi connectivity index (χ3v) is 5.34. The first kappa shape index (κ1) is 16.6. The van der Waals surface area contributed by atoms with E-state index in [9.17, 15) is 5.26 Å². The normalized spacial score (nSPS) is 16.1. The van der Waals surface area contributed by atoms with E-state index in [2.05, 4.69) is 21.4 Å². The number of hydrogen-bond acceptors (Lipinski definition) is 5. The number of allylic oxidation sites excluding steroid dienone is 1. The van der Waals surface area contributed by atoms with Crippen LogP contribution in [0.15, 0.2) is 59.9 Å². The molecule has 0 aliphatic carbocycles. The number of para-hydroxylation sites is 2. The molecule has 1 aliphatic rings. The molecule has 2 aromatic heterocycles. The lowest BCUT2D eigenvalue weighted by molar-refractivity contribution is 0.679. The third-order valence-electron chi connectivity index (χ3n) is 5.03. The Morgan fingerprint density at radius 2 is 1.96 bits per heavy atom. The summed E-state index contributed by atoms with van der Waals surface area (Å²) in [7, 11) is 0. The van der Waals surface area contributed by atoms with Gasteiger partial charge >= 0.3 is 0 Å². The predicted molar refractivity (Wildman–Crippen MR) is 110 cm³/mol. The maximum atomic E-state index is 9.84. The molecule has 5 rings (SSSR count). The molecule has 0 spiro atoms. The van der Waals surface area contributed by atoms with Crippen LogP contribution in [-0.2, 0) is 0 Å². The number of benzene rings is 2. The van der Waals surface area contributed by atoms with Gasteiger partial charge in [-0.3, -0.25) is 4.57 Å². The van der Waals surface area contributed by atoms with Crippen molar-refractivity contribution in [2.75, 3.05) is 5.32 Å². The molecule has 3 heterocycles. The molecule has 28 heavy (non-hydrogen) atoms. The number of aromatic nitrogens is 3. The van der Waals surface area contributed by atoms with Gasteiger partial charge < -0.3 is 11.1 Å². The second kappa shape index (κ2) is 5.98. The Morgan fingerprint density at radius 3 is 2.79 bits per heavy atom. The van der Waals surface area contributed by atoms with Gasteiger partial charge in [0.05, 0.1) is 22.1 Å². The number of nitrogens with zero attached hydrogens (tertiary/aromatic N) is 4. The summed E-state index contributed by atoms with van der Waals surface area (Å²) in [4.78, 5) is 9.20. The highest BCUT2D eigenvalue weighted by Gasteiger charge is 2.32. The first-order chi connectivity index (χ1) is 13.6. The van der Waals surface area contributed by atoms with E-state index < -0.39 is 6.04 Å². The van der Waals surface area contributed by atoms with Crippen molar-refractivity contribution < 1.29 is 0 Å². The van der Waals surface area contributed by atoms with Gasteiger partial charge in [0.2, 0.25) is 5.95 Å². The summed E-state index contributed by atoms with van der Waals surface area (Å²) >= 11 is 6.61. The van der Waals surface area contributed by atoms with E-state index in [1.807, 2.05) is 60.0 Å². The van der Waals surface area contributed by atoms with Gasteiger partial charge in [-0.05, 0) is 36.8 Å². The van der Waals surface area contributed by atoms with Gasteiger partial charge in [0.25, 0.3) is 0 Å². The number of nitriles is 1. The van der Waals surface area contributed by atoms with Crippen molar-refractivity contribution in [2.24, 2.45) is 5.73 Å². The molecule has 0 fully saturated rings. The van der Waals surface area contributed by atoms with E-state index in [0.29, 0.717) is 22.2 Å². The van der Waals surface area contributed by atoms with E-state index in [4.69, 9.17) is 17.3 Å². The lowest BCUT2D eigenvalue weighted by atomic mass is 9.97. The first-order valence-corrected chi connectivity index (χ1v) is 9.15. The van der Waals surface area contributed by atoms with Crippen molar-refractivity contribution >= 4 is 39.5 Å². The Labute approximate surface area is 165 Å².